The van der Waals surface area contributed by atoms with E-state index in [4.69, 9.17) is 5.11 Å². The van der Waals surface area contributed by atoms with Crippen LogP contribution in [0.4, 0.5) is 0 Å². The van der Waals surface area contributed by atoms with Crippen LogP contribution < -0.4 is 0 Å². The Hall–Kier alpha value is -1.18. The van der Waals surface area contributed by atoms with Crippen molar-refractivity contribution in [1.29, 1.82) is 0 Å². The normalized spacial score (nSPS) is 11.4. The van der Waals surface area contributed by atoms with E-state index in [1.54, 1.807) is 12.2 Å². The zero-order valence-corrected chi connectivity index (χ0v) is 8.62. The molecule has 14 heavy (non-hydrogen) atoms. The van der Waals surface area contributed by atoms with E-state index in [0.29, 0.717) is 12.8 Å². The molecular weight excluding hydrogens is 180 g/mol. The number of Topliss-reactive ketones (excluding diaryl/α,β-unsaturated/α-hetero) is 2. The van der Waals surface area contributed by atoms with Gasteiger partial charge in [-0.3, -0.25) is 9.59 Å². The molecule has 0 radical (unpaired) electrons. The van der Waals surface area contributed by atoms with Gasteiger partial charge in [0.25, 0.3) is 0 Å². The summed E-state index contributed by atoms with van der Waals surface area (Å²) in [6, 6.07) is 0. The predicted molar refractivity (Wildman–Crippen MR) is 53.9 cm³/mol. The monoisotopic (exact) mass is 196 g/mol. The number of aliphatic hydroxyl groups excluding tert-OH is 1. The van der Waals surface area contributed by atoms with Gasteiger partial charge in [0, 0.05) is 12.8 Å². The van der Waals surface area contributed by atoms with Gasteiger partial charge in [0.1, 0.15) is 11.9 Å². The first-order valence-corrected chi connectivity index (χ1v) is 4.63. The number of carbonyl (C=O) groups excluding carboxylic acids is 2. The van der Waals surface area contributed by atoms with Crippen LogP contribution in [-0.4, -0.2) is 22.8 Å². The molecule has 0 aromatic rings. The Morgan fingerprint density at radius 1 is 1.50 bits per heavy atom. The van der Waals surface area contributed by atoms with Crippen molar-refractivity contribution >= 4 is 11.6 Å². The number of allylic oxidation sites excluding steroid dienone is 1. The molecule has 0 spiro atoms. The van der Waals surface area contributed by atoms with Crippen molar-refractivity contribution in [2.24, 2.45) is 0 Å². The highest BCUT2D eigenvalue weighted by atomic mass is 16.3. The van der Waals surface area contributed by atoms with Crippen LogP contribution in [0.15, 0.2) is 17.9 Å². The van der Waals surface area contributed by atoms with Crippen LogP contribution in [0, 0.1) is 0 Å². The Morgan fingerprint density at radius 3 is 2.64 bits per heavy atom. The lowest BCUT2D eigenvalue weighted by atomic mass is 10.1. The second-order valence-corrected chi connectivity index (χ2v) is 3.07. The lowest BCUT2D eigenvalue weighted by molar-refractivity contribution is -0.130. The van der Waals surface area contributed by atoms with Crippen LogP contribution >= 0.6 is 0 Å². The first kappa shape index (κ1) is 12.8. The lowest BCUT2D eigenvalue weighted by Crippen LogP contribution is -2.20. The van der Waals surface area contributed by atoms with E-state index >= 15 is 0 Å². The number of rotatable bonds is 6. The molecule has 0 aliphatic rings. The van der Waals surface area contributed by atoms with Crippen molar-refractivity contribution in [3.05, 3.63) is 17.9 Å². The average molecular weight is 196 g/mol. The summed E-state index contributed by atoms with van der Waals surface area (Å²) in [5, 5.41) is 9.10. The quantitative estimate of drug-likeness (QED) is 0.653. The van der Waals surface area contributed by atoms with Crippen LogP contribution in [-0.2, 0) is 9.59 Å². The van der Waals surface area contributed by atoms with Crippen molar-refractivity contribution in [1.82, 2.24) is 0 Å². The molecule has 1 unspecified atom stereocenters. The maximum absolute atomic E-state index is 11.2. The molecule has 1 N–H and O–H groups in total. The molecule has 0 bridgehead atoms. The van der Waals surface area contributed by atoms with Crippen molar-refractivity contribution in [2.75, 3.05) is 0 Å². The third-order valence-electron chi connectivity index (χ3n) is 1.74. The molecule has 3 heteroatoms. The summed E-state index contributed by atoms with van der Waals surface area (Å²) in [6.07, 6.45) is 3.28. The summed E-state index contributed by atoms with van der Waals surface area (Å²) in [5.41, 5.74) is 2.85. The molecule has 0 heterocycles. The first-order valence-electron chi connectivity index (χ1n) is 4.63. The summed E-state index contributed by atoms with van der Waals surface area (Å²) < 4.78 is 0. The standard InChI is InChI=1S/C11H16O3/c1-3-4-5-6-7-10(13)8-11(14)9(2)12/h3,5,11,14H,6-8H2,1-2H3. The Kier molecular flexibility index (Phi) is 6.63. The third kappa shape index (κ3) is 6.35. The van der Waals surface area contributed by atoms with E-state index in [1.165, 1.54) is 6.92 Å². The number of hydrogen-bond acceptors (Lipinski definition) is 3. The van der Waals surface area contributed by atoms with Crippen molar-refractivity contribution in [3.63, 3.8) is 0 Å². The molecule has 3 nitrogen and oxygen atoms in total. The van der Waals surface area contributed by atoms with Crippen molar-refractivity contribution in [2.45, 2.75) is 39.2 Å². The van der Waals surface area contributed by atoms with Gasteiger partial charge in [0.15, 0.2) is 5.78 Å². The van der Waals surface area contributed by atoms with E-state index in [0.717, 1.165) is 0 Å². The van der Waals surface area contributed by atoms with Crippen LogP contribution in [0.5, 0.6) is 0 Å². The Morgan fingerprint density at radius 2 is 2.14 bits per heavy atom. The molecule has 1 atom stereocenters. The Balaban J connectivity index is 3.76. The fraction of sp³-hybridized carbons (Fsp3) is 0.545. The third-order valence-corrected chi connectivity index (χ3v) is 1.74. The molecule has 0 rings (SSSR count). The van der Waals surface area contributed by atoms with Crippen LogP contribution in [0.25, 0.3) is 0 Å². The maximum Gasteiger partial charge on any atom is 0.158 e. The topological polar surface area (TPSA) is 54.4 Å². The highest BCUT2D eigenvalue weighted by molar-refractivity contribution is 5.88. The summed E-state index contributed by atoms with van der Waals surface area (Å²) in [6.45, 7) is 3.12. The lowest BCUT2D eigenvalue weighted by Gasteiger charge is -2.03. The van der Waals surface area contributed by atoms with Crippen molar-refractivity contribution in [3.8, 4) is 0 Å². The smallest absolute Gasteiger partial charge is 0.158 e. The molecule has 0 aromatic heterocycles. The second kappa shape index (κ2) is 7.25. The number of hydrogen-bond donors (Lipinski definition) is 1. The summed E-state index contributed by atoms with van der Waals surface area (Å²) >= 11 is 0. The molecule has 0 fully saturated rings. The SMILES string of the molecule is CC=C=CCCC(=O)CC(O)C(C)=O. The minimum Gasteiger partial charge on any atom is -0.385 e. The van der Waals surface area contributed by atoms with E-state index in [-0.39, 0.29) is 18.0 Å². The van der Waals surface area contributed by atoms with Crippen molar-refractivity contribution < 1.29 is 14.7 Å². The minimum atomic E-state index is -1.13. The van der Waals surface area contributed by atoms with Gasteiger partial charge >= 0.3 is 0 Å². The van der Waals surface area contributed by atoms with Crippen LogP contribution in [0.1, 0.15) is 33.1 Å². The fourth-order valence-corrected chi connectivity index (χ4v) is 0.896. The molecular formula is C11H16O3. The largest absolute Gasteiger partial charge is 0.385 e. The molecule has 0 saturated carbocycles. The van der Waals surface area contributed by atoms with E-state index in [9.17, 15) is 9.59 Å². The van der Waals surface area contributed by atoms with E-state index in [1.807, 2.05) is 6.92 Å². The number of carbonyl (C=O) groups is 2. The number of ketones is 2. The molecule has 0 aromatic carbocycles. The number of aliphatic hydroxyl groups is 1. The van der Waals surface area contributed by atoms with Gasteiger partial charge in [-0.15, -0.1) is 5.73 Å². The Bertz CT molecular complexity index is 260. The molecule has 0 amide bonds. The van der Waals surface area contributed by atoms with Gasteiger partial charge in [-0.2, -0.15) is 0 Å². The minimum absolute atomic E-state index is 0.0704. The van der Waals surface area contributed by atoms with Gasteiger partial charge in [-0.1, -0.05) is 0 Å². The molecule has 0 saturated heterocycles. The first-order chi connectivity index (χ1) is 6.57. The average Bonchev–Trinajstić information content (AvgIpc) is 2.12. The summed E-state index contributed by atoms with van der Waals surface area (Å²) in [5.74, 6) is -0.454. The van der Waals surface area contributed by atoms with Gasteiger partial charge < -0.3 is 5.11 Å². The highest BCUT2D eigenvalue weighted by Crippen LogP contribution is 2.01. The van der Waals surface area contributed by atoms with Gasteiger partial charge in [0.2, 0.25) is 0 Å². The van der Waals surface area contributed by atoms with Gasteiger partial charge in [-0.05, 0) is 32.4 Å². The molecule has 0 aliphatic carbocycles. The Labute approximate surface area is 84.1 Å². The molecule has 0 aliphatic heterocycles. The highest BCUT2D eigenvalue weighted by Gasteiger charge is 2.13. The summed E-state index contributed by atoms with van der Waals surface area (Å²) in [4.78, 5) is 21.8. The maximum atomic E-state index is 11.2. The van der Waals surface area contributed by atoms with E-state index in [2.05, 4.69) is 5.73 Å². The van der Waals surface area contributed by atoms with Gasteiger partial charge in [0.05, 0.1) is 0 Å². The predicted octanol–water partition coefficient (Wildman–Crippen LogP) is 1.41. The summed E-state index contributed by atoms with van der Waals surface area (Å²) in [7, 11) is 0. The van der Waals surface area contributed by atoms with Gasteiger partial charge in [-0.25, -0.2) is 0 Å². The van der Waals surface area contributed by atoms with Crippen LogP contribution in [0.3, 0.4) is 0 Å². The molecule has 78 valence electrons. The zero-order valence-electron chi connectivity index (χ0n) is 8.62. The fourth-order valence-electron chi connectivity index (χ4n) is 0.896. The van der Waals surface area contributed by atoms with E-state index < -0.39 is 6.10 Å². The van der Waals surface area contributed by atoms with Crippen LogP contribution in [0.2, 0.25) is 0 Å². The second-order valence-electron chi connectivity index (χ2n) is 3.07. The zero-order chi connectivity index (χ0) is 11.0.